The van der Waals surface area contributed by atoms with Crippen LogP contribution in [0.15, 0.2) is 24.7 Å². The average molecular weight is 390 g/mol. The number of anilines is 1. The largest absolute Gasteiger partial charge is 0.480 e. The van der Waals surface area contributed by atoms with Gasteiger partial charge in [0.2, 0.25) is 11.8 Å². The van der Waals surface area contributed by atoms with Crippen LogP contribution in [0, 0.1) is 5.41 Å². The second-order valence-electron chi connectivity index (χ2n) is 7.38. The van der Waals surface area contributed by atoms with Crippen LogP contribution in [0.2, 0.25) is 0 Å². The highest BCUT2D eigenvalue weighted by Crippen LogP contribution is 2.43. The summed E-state index contributed by atoms with van der Waals surface area (Å²) in [6, 6.07) is 2.05. The van der Waals surface area contributed by atoms with Gasteiger partial charge in [-0.1, -0.05) is 13.8 Å². The van der Waals surface area contributed by atoms with Crippen LogP contribution in [0.25, 0.3) is 16.6 Å². The summed E-state index contributed by atoms with van der Waals surface area (Å²) in [6.45, 7) is 2.88. The SMILES string of the molecule is COc1ncc(-c2cc3cnc(N4CC(C)(C)C(F)(F)C4)nn3c2)c(OC)n1. The minimum absolute atomic E-state index is 0.180. The van der Waals surface area contributed by atoms with Gasteiger partial charge in [0, 0.05) is 29.9 Å². The number of ether oxygens (including phenoxy) is 2. The molecule has 1 saturated heterocycles. The Morgan fingerprint density at radius 1 is 1.07 bits per heavy atom. The van der Waals surface area contributed by atoms with Gasteiger partial charge in [-0.3, -0.25) is 0 Å². The summed E-state index contributed by atoms with van der Waals surface area (Å²) < 4.78 is 40.3. The Balaban J connectivity index is 1.70. The molecule has 0 atom stereocenters. The van der Waals surface area contributed by atoms with Gasteiger partial charge in [-0.25, -0.2) is 23.3 Å². The number of hydrogen-bond acceptors (Lipinski definition) is 7. The molecule has 28 heavy (non-hydrogen) atoms. The highest BCUT2D eigenvalue weighted by atomic mass is 19.3. The van der Waals surface area contributed by atoms with E-state index in [0.29, 0.717) is 17.0 Å². The van der Waals surface area contributed by atoms with Gasteiger partial charge in [0.1, 0.15) is 0 Å². The number of halogens is 2. The third-order valence-electron chi connectivity index (χ3n) is 5.01. The van der Waals surface area contributed by atoms with Gasteiger partial charge in [-0.15, -0.1) is 5.10 Å². The minimum atomic E-state index is -2.80. The Hall–Kier alpha value is -3.04. The summed E-state index contributed by atoms with van der Waals surface area (Å²) in [5, 5.41) is 4.42. The summed E-state index contributed by atoms with van der Waals surface area (Å²) in [5.41, 5.74) is 0.991. The fourth-order valence-corrected chi connectivity index (χ4v) is 3.24. The second-order valence-corrected chi connectivity index (χ2v) is 7.38. The lowest BCUT2D eigenvalue weighted by molar-refractivity contribution is -0.0643. The van der Waals surface area contributed by atoms with Gasteiger partial charge >= 0.3 is 6.01 Å². The van der Waals surface area contributed by atoms with Crippen molar-refractivity contribution in [3.63, 3.8) is 0 Å². The van der Waals surface area contributed by atoms with Crippen molar-refractivity contribution in [1.82, 2.24) is 24.6 Å². The van der Waals surface area contributed by atoms with Crippen molar-refractivity contribution in [2.24, 2.45) is 5.41 Å². The van der Waals surface area contributed by atoms with Crippen LogP contribution in [0.1, 0.15) is 13.8 Å². The molecule has 3 aromatic rings. The van der Waals surface area contributed by atoms with Crippen molar-refractivity contribution in [2.45, 2.75) is 19.8 Å². The first-order valence-corrected chi connectivity index (χ1v) is 8.68. The zero-order valence-electron chi connectivity index (χ0n) is 16.0. The molecule has 0 spiro atoms. The van der Waals surface area contributed by atoms with E-state index >= 15 is 0 Å². The summed E-state index contributed by atoms with van der Waals surface area (Å²) in [6.07, 6.45) is 4.96. The zero-order chi connectivity index (χ0) is 20.1. The maximum Gasteiger partial charge on any atom is 0.319 e. The summed E-state index contributed by atoms with van der Waals surface area (Å²) >= 11 is 0. The summed E-state index contributed by atoms with van der Waals surface area (Å²) in [7, 11) is 2.98. The summed E-state index contributed by atoms with van der Waals surface area (Å²) in [5.74, 6) is -2.18. The van der Waals surface area contributed by atoms with E-state index in [9.17, 15) is 8.78 Å². The monoisotopic (exact) mass is 390 g/mol. The number of methoxy groups -OCH3 is 2. The number of hydrogen-bond donors (Lipinski definition) is 0. The van der Waals surface area contributed by atoms with Gasteiger partial charge in [-0.05, 0) is 6.07 Å². The first-order chi connectivity index (χ1) is 13.2. The quantitative estimate of drug-likeness (QED) is 0.678. The maximum absolute atomic E-state index is 14.2. The third-order valence-corrected chi connectivity index (χ3v) is 5.01. The number of nitrogens with zero attached hydrogens (tertiary/aromatic N) is 6. The van der Waals surface area contributed by atoms with Crippen molar-refractivity contribution in [3.05, 3.63) is 24.7 Å². The Morgan fingerprint density at radius 3 is 2.50 bits per heavy atom. The van der Waals surface area contributed by atoms with Crippen molar-refractivity contribution in [3.8, 4) is 23.0 Å². The van der Waals surface area contributed by atoms with Crippen LogP contribution < -0.4 is 14.4 Å². The minimum Gasteiger partial charge on any atom is -0.480 e. The van der Waals surface area contributed by atoms with Crippen LogP contribution in [0.5, 0.6) is 11.9 Å². The van der Waals surface area contributed by atoms with Crippen molar-refractivity contribution >= 4 is 11.5 Å². The van der Waals surface area contributed by atoms with Crippen LogP contribution in [-0.2, 0) is 0 Å². The Labute approximate surface area is 160 Å². The van der Waals surface area contributed by atoms with Gasteiger partial charge in [0.15, 0.2) is 0 Å². The van der Waals surface area contributed by atoms with E-state index in [2.05, 4.69) is 20.1 Å². The first kappa shape index (κ1) is 18.3. The molecule has 0 N–H and O–H groups in total. The molecule has 0 unspecified atom stereocenters. The van der Waals surface area contributed by atoms with E-state index in [0.717, 1.165) is 5.56 Å². The lowest BCUT2D eigenvalue weighted by Crippen LogP contribution is -2.34. The standard InChI is InChI=1S/C18H20F2N6O2/c1-17(2)9-25(10-18(17,19)20)15-21-6-12-5-11(8-26(12)24-15)13-7-22-16(28-4)23-14(13)27-3/h5-8H,9-10H2,1-4H3. The molecule has 0 aliphatic carbocycles. The van der Waals surface area contributed by atoms with Crippen LogP contribution in [-0.4, -0.2) is 57.8 Å². The number of aromatic nitrogens is 5. The molecular formula is C18H20F2N6O2. The topological polar surface area (TPSA) is 77.7 Å². The van der Waals surface area contributed by atoms with Crippen LogP contribution in [0.4, 0.5) is 14.7 Å². The normalized spacial score (nSPS) is 17.9. The fourth-order valence-electron chi connectivity index (χ4n) is 3.24. The molecule has 0 saturated carbocycles. The number of rotatable bonds is 4. The van der Waals surface area contributed by atoms with E-state index in [1.54, 1.807) is 37.0 Å². The molecule has 0 bridgehead atoms. The Bertz CT molecular complexity index is 1020. The molecule has 1 fully saturated rings. The lowest BCUT2D eigenvalue weighted by Gasteiger charge is -2.23. The first-order valence-electron chi connectivity index (χ1n) is 8.68. The fraction of sp³-hybridized carbons (Fsp3) is 0.444. The highest BCUT2D eigenvalue weighted by molar-refractivity contribution is 5.72. The van der Waals surface area contributed by atoms with Gasteiger partial charge in [0.25, 0.3) is 5.92 Å². The van der Waals surface area contributed by atoms with Gasteiger partial charge in [-0.2, -0.15) is 4.98 Å². The molecule has 4 heterocycles. The molecule has 1 aliphatic rings. The molecule has 0 amide bonds. The Kier molecular flexibility index (Phi) is 4.09. The van der Waals surface area contributed by atoms with Crippen molar-refractivity contribution < 1.29 is 18.3 Å². The van der Waals surface area contributed by atoms with Crippen LogP contribution >= 0.6 is 0 Å². The third kappa shape index (κ3) is 2.88. The van der Waals surface area contributed by atoms with E-state index in [-0.39, 0.29) is 18.5 Å². The molecule has 0 aromatic carbocycles. The van der Waals surface area contributed by atoms with Crippen molar-refractivity contribution in [1.29, 1.82) is 0 Å². The summed E-state index contributed by atoms with van der Waals surface area (Å²) in [4.78, 5) is 14.1. The van der Waals surface area contributed by atoms with Crippen LogP contribution in [0.3, 0.4) is 0 Å². The second kappa shape index (κ2) is 6.25. The van der Waals surface area contributed by atoms with E-state index < -0.39 is 17.9 Å². The molecular weight excluding hydrogens is 370 g/mol. The van der Waals surface area contributed by atoms with Crippen molar-refractivity contribution in [2.75, 3.05) is 32.2 Å². The molecule has 4 rings (SSSR count). The number of alkyl halides is 2. The molecule has 8 nitrogen and oxygen atoms in total. The smallest absolute Gasteiger partial charge is 0.319 e. The highest BCUT2D eigenvalue weighted by Gasteiger charge is 2.54. The van der Waals surface area contributed by atoms with E-state index in [1.165, 1.54) is 19.1 Å². The maximum atomic E-state index is 14.2. The van der Waals surface area contributed by atoms with Gasteiger partial charge in [0.05, 0.1) is 38.0 Å². The lowest BCUT2D eigenvalue weighted by atomic mass is 9.89. The number of fused-ring (bicyclic) bond motifs is 1. The molecule has 1 aliphatic heterocycles. The molecule has 148 valence electrons. The van der Waals surface area contributed by atoms with Gasteiger partial charge < -0.3 is 14.4 Å². The molecule has 3 aromatic heterocycles. The predicted octanol–water partition coefficient (Wildman–Crippen LogP) is 2.69. The van der Waals surface area contributed by atoms with E-state index in [1.807, 2.05) is 6.07 Å². The average Bonchev–Trinajstić information content (AvgIpc) is 3.18. The zero-order valence-corrected chi connectivity index (χ0v) is 16.0. The predicted molar refractivity (Wildman–Crippen MR) is 98.1 cm³/mol. The molecule has 0 radical (unpaired) electrons. The Morgan fingerprint density at radius 2 is 1.86 bits per heavy atom. The molecule has 10 heteroatoms. The van der Waals surface area contributed by atoms with E-state index in [4.69, 9.17) is 9.47 Å².